The maximum absolute atomic E-state index is 10.5. The van der Waals surface area contributed by atoms with E-state index in [1.165, 1.54) is 13.8 Å². The highest BCUT2D eigenvalue weighted by Crippen LogP contribution is 2.19. The number of halogens is 2. The Balaban J connectivity index is 0.000000370. The van der Waals surface area contributed by atoms with Crippen LogP contribution in [0.2, 0.25) is 0 Å². The molecule has 0 aliphatic heterocycles. The molecule has 110 valence electrons. The van der Waals surface area contributed by atoms with E-state index in [1.807, 2.05) is 6.07 Å². The molecule has 1 rings (SSSR count). The molecule has 1 aromatic rings. The van der Waals surface area contributed by atoms with Gasteiger partial charge in [0.1, 0.15) is 5.78 Å². The summed E-state index contributed by atoms with van der Waals surface area (Å²) in [7, 11) is 0. The lowest BCUT2D eigenvalue weighted by Crippen LogP contribution is -2.12. The van der Waals surface area contributed by atoms with Gasteiger partial charge in [0, 0.05) is 14.5 Å². The monoisotopic (exact) mass is 456 g/mol. The van der Waals surface area contributed by atoms with Gasteiger partial charge in [0.15, 0.2) is 0 Å². The first-order valence-electron chi connectivity index (χ1n) is 5.55. The molecule has 5 nitrogen and oxygen atoms in total. The highest BCUT2D eigenvalue weighted by molar-refractivity contribution is 14.1. The number of carboxylic acids is 2. The fourth-order valence-electron chi connectivity index (χ4n) is 1.18. The number of hydrogen-bond acceptors (Lipinski definition) is 3. The predicted molar refractivity (Wildman–Crippen MR) is 85.9 cm³/mol. The van der Waals surface area contributed by atoms with Crippen LogP contribution in [0.4, 0.5) is 0 Å². The van der Waals surface area contributed by atoms with Crippen LogP contribution in [0.1, 0.15) is 30.6 Å². The molecule has 0 aliphatic rings. The Morgan fingerprint density at radius 3 is 2.15 bits per heavy atom. The van der Waals surface area contributed by atoms with Gasteiger partial charge in [-0.25, -0.2) is 4.79 Å². The van der Waals surface area contributed by atoms with Crippen molar-refractivity contribution < 1.29 is 24.6 Å². The number of rotatable bonds is 4. The number of Topliss-reactive ketones (excluding diaryl/α,β-unsaturated/α-hetero) is 1. The smallest absolute Gasteiger partial charge is 0.336 e. The molecular formula is C13H14BrIO5. The minimum absolute atomic E-state index is 0.0788. The molecule has 1 atom stereocenters. The normalized spacial score (nSPS) is 11.0. The van der Waals surface area contributed by atoms with Crippen molar-refractivity contribution in [2.45, 2.75) is 20.3 Å². The van der Waals surface area contributed by atoms with Crippen LogP contribution in [-0.2, 0) is 9.59 Å². The molecule has 2 N–H and O–H groups in total. The van der Waals surface area contributed by atoms with Crippen molar-refractivity contribution in [2.24, 2.45) is 5.92 Å². The van der Waals surface area contributed by atoms with Crippen LogP contribution in [0, 0.1) is 9.49 Å². The van der Waals surface area contributed by atoms with Crippen LogP contribution in [0.25, 0.3) is 0 Å². The van der Waals surface area contributed by atoms with Gasteiger partial charge in [0.05, 0.1) is 11.5 Å². The van der Waals surface area contributed by atoms with Gasteiger partial charge in [-0.15, -0.1) is 0 Å². The molecule has 0 amide bonds. The number of hydrogen-bond donors (Lipinski definition) is 2. The quantitative estimate of drug-likeness (QED) is 0.677. The fourth-order valence-corrected chi connectivity index (χ4v) is 2.09. The van der Waals surface area contributed by atoms with E-state index in [9.17, 15) is 14.4 Å². The molecule has 0 heterocycles. The Kier molecular flexibility index (Phi) is 8.63. The van der Waals surface area contributed by atoms with Crippen LogP contribution in [0.5, 0.6) is 0 Å². The van der Waals surface area contributed by atoms with E-state index in [0.717, 1.165) is 3.57 Å². The van der Waals surface area contributed by atoms with E-state index in [0.29, 0.717) is 10.0 Å². The van der Waals surface area contributed by atoms with E-state index < -0.39 is 17.9 Å². The summed E-state index contributed by atoms with van der Waals surface area (Å²) < 4.78 is 1.54. The number of carbonyl (C=O) groups is 3. The second-order valence-corrected chi connectivity index (χ2v) is 6.17. The molecule has 0 saturated heterocycles. The molecular weight excluding hydrogens is 443 g/mol. The van der Waals surface area contributed by atoms with Crippen molar-refractivity contribution in [1.82, 2.24) is 0 Å². The SMILES string of the molecule is CC(=O)CC(C)C(=O)O.O=C(O)c1cc(I)ccc1Br. The zero-order chi connectivity index (χ0) is 15.9. The minimum Gasteiger partial charge on any atom is -0.481 e. The zero-order valence-electron chi connectivity index (χ0n) is 10.9. The highest BCUT2D eigenvalue weighted by Gasteiger charge is 2.11. The van der Waals surface area contributed by atoms with Crippen LogP contribution < -0.4 is 0 Å². The summed E-state index contributed by atoms with van der Waals surface area (Å²) in [4.78, 5) is 30.9. The lowest BCUT2D eigenvalue weighted by molar-refractivity contribution is -0.142. The number of carboxylic acid groups (broad SMARTS) is 2. The van der Waals surface area contributed by atoms with E-state index >= 15 is 0 Å². The van der Waals surface area contributed by atoms with Crippen LogP contribution in [0.3, 0.4) is 0 Å². The summed E-state index contributed by atoms with van der Waals surface area (Å²) in [5, 5.41) is 16.9. The van der Waals surface area contributed by atoms with Crippen molar-refractivity contribution in [3.05, 3.63) is 31.8 Å². The van der Waals surface area contributed by atoms with Crippen molar-refractivity contribution in [2.75, 3.05) is 0 Å². The molecule has 0 fully saturated rings. The van der Waals surface area contributed by atoms with Gasteiger partial charge in [-0.3, -0.25) is 4.79 Å². The number of aromatic carboxylic acids is 1. The zero-order valence-corrected chi connectivity index (χ0v) is 14.6. The Hall–Kier alpha value is -0.960. The summed E-state index contributed by atoms with van der Waals surface area (Å²) in [6, 6.07) is 5.19. The van der Waals surface area contributed by atoms with Gasteiger partial charge in [0.25, 0.3) is 0 Å². The third-order valence-electron chi connectivity index (χ3n) is 2.17. The molecule has 20 heavy (non-hydrogen) atoms. The summed E-state index contributed by atoms with van der Waals surface area (Å²) in [6.45, 7) is 2.91. The number of benzene rings is 1. The first-order valence-corrected chi connectivity index (χ1v) is 7.43. The number of aliphatic carboxylic acids is 1. The molecule has 0 spiro atoms. The van der Waals surface area contributed by atoms with Gasteiger partial charge in [-0.1, -0.05) is 6.92 Å². The lowest BCUT2D eigenvalue weighted by atomic mass is 10.1. The highest BCUT2D eigenvalue weighted by atomic mass is 127. The van der Waals surface area contributed by atoms with Crippen molar-refractivity contribution in [3.63, 3.8) is 0 Å². The predicted octanol–water partition coefficient (Wildman–Crippen LogP) is 3.44. The van der Waals surface area contributed by atoms with Gasteiger partial charge in [0.2, 0.25) is 0 Å². The summed E-state index contributed by atoms with van der Waals surface area (Å²) in [5.41, 5.74) is 0.303. The molecule has 0 aliphatic carbocycles. The minimum atomic E-state index is -0.912. The number of ketones is 1. The maximum Gasteiger partial charge on any atom is 0.336 e. The Morgan fingerprint density at radius 2 is 1.85 bits per heavy atom. The van der Waals surface area contributed by atoms with Crippen molar-refractivity contribution in [3.8, 4) is 0 Å². The van der Waals surface area contributed by atoms with Crippen LogP contribution in [-0.4, -0.2) is 27.9 Å². The van der Waals surface area contributed by atoms with Crippen molar-refractivity contribution >= 4 is 56.2 Å². The Labute approximate surface area is 138 Å². The molecule has 1 aromatic carbocycles. The summed E-state index contributed by atoms with van der Waals surface area (Å²) >= 11 is 5.22. The van der Waals surface area contributed by atoms with Crippen molar-refractivity contribution in [1.29, 1.82) is 0 Å². The average Bonchev–Trinajstić information content (AvgIpc) is 2.31. The van der Waals surface area contributed by atoms with Gasteiger partial charge < -0.3 is 15.0 Å². The molecule has 7 heteroatoms. The summed E-state index contributed by atoms with van der Waals surface area (Å²) in [6.07, 6.45) is 0.134. The molecule has 0 aromatic heterocycles. The standard InChI is InChI=1S/C7H4BrIO2.C6H10O3/c8-6-2-1-4(9)3-5(6)7(10)11;1-4(6(8)9)3-5(2)7/h1-3H,(H,10,11);4H,3H2,1-2H3,(H,8,9). The molecule has 0 saturated carbocycles. The molecule has 1 unspecified atom stereocenters. The molecule has 0 radical (unpaired) electrons. The second kappa shape index (κ2) is 9.06. The van der Waals surface area contributed by atoms with Gasteiger partial charge >= 0.3 is 11.9 Å². The average molecular weight is 457 g/mol. The number of carbonyl (C=O) groups excluding carboxylic acids is 1. The van der Waals surface area contributed by atoms with E-state index in [2.05, 4.69) is 38.5 Å². The Morgan fingerprint density at radius 1 is 1.30 bits per heavy atom. The van der Waals surface area contributed by atoms with Crippen LogP contribution in [0.15, 0.2) is 22.7 Å². The van der Waals surface area contributed by atoms with Gasteiger partial charge in [-0.05, 0) is 63.6 Å². The maximum atomic E-state index is 10.5. The topological polar surface area (TPSA) is 91.7 Å². The first kappa shape index (κ1) is 19.0. The lowest BCUT2D eigenvalue weighted by Gasteiger charge is -1.99. The summed E-state index contributed by atoms with van der Waals surface area (Å²) in [5.74, 6) is -2.44. The van der Waals surface area contributed by atoms with Gasteiger partial charge in [-0.2, -0.15) is 0 Å². The van der Waals surface area contributed by atoms with E-state index in [-0.39, 0.29) is 12.2 Å². The van der Waals surface area contributed by atoms with Crippen LogP contribution >= 0.6 is 38.5 Å². The second-order valence-electron chi connectivity index (χ2n) is 4.07. The third-order valence-corrected chi connectivity index (χ3v) is 3.54. The van der Waals surface area contributed by atoms with E-state index in [4.69, 9.17) is 10.2 Å². The largest absolute Gasteiger partial charge is 0.481 e. The fraction of sp³-hybridized carbons (Fsp3) is 0.308. The third kappa shape index (κ3) is 7.59. The first-order chi connectivity index (χ1) is 9.15. The molecule has 0 bridgehead atoms. The van der Waals surface area contributed by atoms with E-state index in [1.54, 1.807) is 12.1 Å². The Bertz CT molecular complexity index is 515.